The molecule has 0 aliphatic rings. The smallest absolute Gasteiger partial charge is 0.136 e. The van der Waals surface area contributed by atoms with Crippen molar-refractivity contribution >= 4 is 17.3 Å². The highest BCUT2D eigenvalue weighted by Crippen LogP contribution is 2.03. The average molecular weight is 228 g/mol. The second kappa shape index (κ2) is 8.13. The van der Waals surface area contributed by atoms with Crippen molar-refractivity contribution in [1.29, 1.82) is 0 Å². The van der Waals surface area contributed by atoms with E-state index in [0.29, 0.717) is 6.42 Å². The van der Waals surface area contributed by atoms with Gasteiger partial charge in [0.25, 0.3) is 0 Å². The van der Waals surface area contributed by atoms with Crippen LogP contribution in [0, 0.1) is 0 Å². The molecule has 0 aliphatic carbocycles. The molecule has 92 valence electrons. The average Bonchev–Trinajstić information content (AvgIpc) is 2.22. The van der Waals surface area contributed by atoms with Crippen molar-refractivity contribution in [2.75, 3.05) is 0 Å². The monoisotopic (exact) mass is 228 g/mol. The van der Waals surface area contributed by atoms with E-state index in [-0.39, 0.29) is 49.5 Å². The van der Waals surface area contributed by atoms with Gasteiger partial charge < -0.3 is 11.5 Å². The van der Waals surface area contributed by atoms with Crippen molar-refractivity contribution in [2.45, 2.75) is 51.6 Å². The third-order valence-corrected chi connectivity index (χ3v) is 2.22. The fourth-order valence-corrected chi connectivity index (χ4v) is 1.22. The normalized spacial score (nSPS) is 10.5. The van der Waals surface area contributed by atoms with Gasteiger partial charge in [-0.15, -0.1) is 0 Å². The SMILES string of the molecule is CCC(=O)CCC(=O)CCC(=O)CC(N)N. The quantitative estimate of drug-likeness (QED) is 0.552. The van der Waals surface area contributed by atoms with Gasteiger partial charge in [-0.2, -0.15) is 0 Å². The lowest BCUT2D eigenvalue weighted by atomic mass is 10.0. The van der Waals surface area contributed by atoms with Crippen LogP contribution >= 0.6 is 0 Å². The molecular formula is C11H20N2O3. The molecule has 0 aromatic rings. The molecule has 0 amide bonds. The van der Waals surface area contributed by atoms with Crippen LogP contribution in [0.25, 0.3) is 0 Å². The summed E-state index contributed by atoms with van der Waals surface area (Å²) >= 11 is 0. The largest absolute Gasteiger partial charge is 0.316 e. The van der Waals surface area contributed by atoms with E-state index < -0.39 is 6.17 Å². The van der Waals surface area contributed by atoms with Gasteiger partial charge in [0, 0.05) is 38.5 Å². The zero-order valence-corrected chi connectivity index (χ0v) is 9.70. The van der Waals surface area contributed by atoms with E-state index in [4.69, 9.17) is 11.5 Å². The Bertz CT molecular complexity index is 262. The molecule has 0 spiro atoms. The first kappa shape index (κ1) is 14.9. The lowest BCUT2D eigenvalue weighted by Gasteiger charge is -2.03. The first-order chi connectivity index (χ1) is 7.45. The van der Waals surface area contributed by atoms with Crippen LogP contribution in [0.1, 0.15) is 45.4 Å². The van der Waals surface area contributed by atoms with Crippen LogP contribution < -0.4 is 11.5 Å². The molecule has 0 bridgehead atoms. The lowest BCUT2D eigenvalue weighted by Crippen LogP contribution is -2.32. The summed E-state index contributed by atoms with van der Waals surface area (Å²) in [5, 5.41) is 0. The molecule has 4 N–H and O–H groups in total. The standard InChI is InChI=1S/C11H20N2O3/c1-2-8(14)3-4-9(15)5-6-10(16)7-11(12)13/h11H,2-7,12-13H2,1H3. The Morgan fingerprint density at radius 3 is 1.75 bits per heavy atom. The molecule has 0 radical (unpaired) electrons. The van der Waals surface area contributed by atoms with Gasteiger partial charge in [-0.1, -0.05) is 6.92 Å². The number of hydrogen-bond acceptors (Lipinski definition) is 5. The van der Waals surface area contributed by atoms with Crippen molar-refractivity contribution in [3.05, 3.63) is 0 Å². The Morgan fingerprint density at radius 1 is 0.875 bits per heavy atom. The van der Waals surface area contributed by atoms with E-state index in [9.17, 15) is 14.4 Å². The van der Waals surface area contributed by atoms with E-state index in [1.54, 1.807) is 6.92 Å². The molecule has 0 aromatic carbocycles. The number of carbonyl (C=O) groups is 3. The number of rotatable bonds is 9. The molecule has 0 saturated carbocycles. The summed E-state index contributed by atoms with van der Waals surface area (Å²) in [6, 6.07) is 0. The van der Waals surface area contributed by atoms with Gasteiger partial charge in [-0.05, 0) is 0 Å². The van der Waals surface area contributed by atoms with Crippen molar-refractivity contribution in [3.8, 4) is 0 Å². The maximum absolute atomic E-state index is 11.3. The van der Waals surface area contributed by atoms with Gasteiger partial charge in [0.05, 0.1) is 6.17 Å². The number of Topliss-reactive ketones (excluding diaryl/α,β-unsaturated/α-hetero) is 3. The fourth-order valence-electron chi connectivity index (χ4n) is 1.22. The van der Waals surface area contributed by atoms with Crippen LogP contribution in [-0.4, -0.2) is 23.5 Å². The Balaban J connectivity index is 3.65. The van der Waals surface area contributed by atoms with Crippen LogP contribution in [0.4, 0.5) is 0 Å². The number of carbonyl (C=O) groups excluding carboxylic acids is 3. The molecule has 0 saturated heterocycles. The second-order valence-electron chi connectivity index (χ2n) is 3.84. The van der Waals surface area contributed by atoms with E-state index in [2.05, 4.69) is 0 Å². The molecule has 0 heterocycles. The number of nitrogens with two attached hydrogens (primary N) is 2. The van der Waals surface area contributed by atoms with Crippen LogP contribution in [0.15, 0.2) is 0 Å². The highest BCUT2D eigenvalue weighted by molar-refractivity contribution is 5.89. The zero-order chi connectivity index (χ0) is 12.6. The highest BCUT2D eigenvalue weighted by Gasteiger charge is 2.10. The zero-order valence-electron chi connectivity index (χ0n) is 9.70. The summed E-state index contributed by atoms with van der Waals surface area (Å²) < 4.78 is 0. The van der Waals surface area contributed by atoms with Crippen molar-refractivity contribution in [3.63, 3.8) is 0 Å². The van der Waals surface area contributed by atoms with Crippen LogP contribution in [0.2, 0.25) is 0 Å². The number of ketones is 3. The Labute approximate surface area is 95.6 Å². The minimum atomic E-state index is -0.649. The molecule has 0 rings (SSSR count). The summed E-state index contributed by atoms with van der Waals surface area (Å²) in [4.78, 5) is 33.4. The maximum Gasteiger partial charge on any atom is 0.136 e. The maximum atomic E-state index is 11.3. The molecule has 16 heavy (non-hydrogen) atoms. The Kier molecular flexibility index (Phi) is 7.58. The minimum absolute atomic E-state index is 0.0549. The third-order valence-electron chi connectivity index (χ3n) is 2.22. The fraction of sp³-hybridized carbons (Fsp3) is 0.727. The molecule has 5 nitrogen and oxygen atoms in total. The van der Waals surface area contributed by atoms with Gasteiger partial charge in [-0.25, -0.2) is 0 Å². The highest BCUT2D eigenvalue weighted by atomic mass is 16.1. The van der Waals surface area contributed by atoms with E-state index in [1.807, 2.05) is 0 Å². The molecule has 0 atom stereocenters. The lowest BCUT2D eigenvalue weighted by molar-refractivity contribution is -0.126. The Morgan fingerprint density at radius 2 is 1.31 bits per heavy atom. The third kappa shape index (κ3) is 8.26. The molecule has 0 aliphatic heterocycles. The van der Waals surface area contributed by atoms with Crippen molar-refractivity contribution in [2.24, 2.45) is 11.5 Å². The van der Waals surface area contributed by atoms with E-state index >= 15 is 0 Å². The predicted molar refractivity (Wildman–Crippen MR) is 60.6 cm³/mol. The second-order valence-corrected chi connectivity index (χ2v) is 3.84. The first-order valence-electron chi connectivity index (χ1n) is 5.52. The van der Waals surface area contributed by atoms with Gasteiger partial charge >= 0.3 is 0 Å². The van der Waals surface area contributed by atoms with Crippen LogP contribution in [0.3, 0.4) is 0 Å². The minimum Gasteiger partial charge on any atom is -0.316 e. The van der Waals surface area contributed by atoms with Crippen molar-refractivity contribution in [1.82, 2.24) is 0 Å². The topological polar surface area (TPSA) is 103 Å². The molecule has 5 heteroatoms. The van der Waals surface area contributed by atoms with E-state index in [0.717, 1.165) is 0 Å². The summed E-state index contributed by atoms with van der Waals surface area (Å²) in [5.74, 6) is -0.0884. The molecular weight excluding hydrogens is 208 g/mol. The van der Waals surface area contributed by atoms with Crippen molar-refractivity contribution < 1.29 is 14.4 Å². The van der Waals surface area contributed by atoms with Gasteiger partial charge in [0.1, 0.15) is 17.3 Å². The van der Waals surface area contributed by atoms with Gasteiger partial charge in [0.15, 0.2) is 0 Å². The van der Waals surface area contributed by atoms with Gasteiger partial charge in [-0.3, -0.25) is 14.4 Å². The van der Waals surface area contributed by atoms with Crippen LogP contribution in [0.5, 0.6) is 0 Å². The van der Waals surface area contributed by atoms with Gasteiger partial charge in [0.2, 0.25) is 0 Å². The number of hydrogen-bond donors (Lipinski definition) is 2. The molecule has 0 fully saturated rings. The summed E-state index contributed by atoms with van der Waals surface area (Å²) in [5.41, 5.74) is 10.5. The first-order valence-corrected chi connectivity index (χ1v) is 5.52. The van der Waals surface area contributed by atoms with E-state index in [1.165, 1.54) is 0 Å². The van der Waals surface area contributed by atoms with Crippen LogP contribution in [-0.2, 0) is 14.4 Å². The summed E-state index contributed by atoms with van der Waals surface area (Å²) in [6.45, 7) is 1.76. The molecule has 0 aromatic heterocycles. The predicted octanol–water partition coefficient (Wildman–Crippen LogP) is 0.298. The Hall–Kier alpha value is -1.07. The summed E-state index contributed by atoms with van der Waals surface area (Å²) in [7, 11) is 0. The summed E-state index contributed by atoms with van der Waals surface area (Å²) in [6.07, 6.45) is 0.764. The molecule has 0 unspecified atom stereocenters.